The van der Waals surface area contributed by atoms with Gasteiger partial charge in [-0.2, -0.15) is 0 Å². The first kappa shape index (κ1) is 14.5. The molecule has 6 heteroatoms. The molecule has 0 heterocycles. The maximum atomic E-state index is 13.4. The molecule has 0 amide bonds. The first-order valence-corrected chi connectivity index (χ1v) is 5.28. The number of nitrogens with two attached hydrogens (primary N) is 1. The van der Waals surface area contributed by atoms with Crippen LogP contribution in [0.25, 0.3) is 0 Å². The molecule has 0 aliphatic rings. The molecule has 0 aromatic heterocycles. The molecule has 0 radical (unpaired) electrons. The second-order valence-corrected chi connectivity index (χ2v) is 4.79. The zero-order chi connectivity index (χ0) is 14.1. The van der Waals surface area contributed by atoms with Crippen LogP contribution in [0.1, 0.15) is 31.9 Å². The highest BCUT2D eigenvalue weighted by molar-refractivity contribution is 5.73. The summed E-state index contributed by atoms with van der Waals surface area (Å²) in [6.07, 6.45) is -0.0929. The summed E-state index contributed by atoms with van der Waals surface area (Å²) in [5.74, 6) is -4.60. The summed E-state index contributed by atoms with van der Waals surface area (Å²) in [6, 6.07) is 0.0390. The maximum absolute atomic E-state index is 13.4. The Balaban J connectivity index is 3.01. The molecule has 0 aliphatic carbocycles. The summed E-state index contributed by atoms with van der Waals surface area (Å²) in [7, 11) is 0. The number of halogens is 3. The fraction of sp³-hybridized carbons (Fsp3) is 0.417. The quantitative estimate of drug-likeness (QED) is 0.819. The number of carboxylic acids is 1. The summed E-state index contributed by atoms with van der Waals surface area (Å²) in [4.78, 5) is 10.9. The number of benzene rings is 1. The molecule has 0 saturated heterocycles. The second-order valence-electron chi connectivity index (χ2n) is 4.79. The van der Waals surface area contributed by atoms with Gasteiger partial charge in [-0.15, -0.1) is 0 Å². The van der Waals surface area contributed by atoms with Crippen LogP contribution in [0, 0.1) is 22.9 Å². The van der Waals surface area contributed by atoms with Gasteiger partial charge in [-0.3, -0.25) is 4.79 Å². The van der Waals surface area contributed by atoms with Crippen molar-refractivity contribution in [2.45, 2.75) is 26.3 Å². The van der Waals surface area contributed by atoms with E-state index in [1.54, 1.807) is 0 Å². The van der Waals surface area contributed by atoms with Crippen LogP contribution in [-0.4, -0.2) is 11.1 Å². The van der Waals surface area contributed by atoms with Crippen molar-refractivity contribution < 1.29 is 23.1 Å². The number of rotatable bonds is 4. The van der Waals surface area contributed by atoms with Gasteiger partial charge in [-0.05, 0) is 26.3 Å². The van der Waals surface area contributed by atoms with Crippen LogP contribution >= 0.6 is 0 Å². The zero-order valence-corrected chi connectivity index (χ0v) is 10.0. The van der Waals surface area contributed by atoms with Crippen LogP contribution in [-0.2, 0) is 4.79 Å². The van der Waals surface area contributed by atoms with E-state index in [-0.39, 0.29) is 12.0 Å². The molecule has 0 aliphatic heterocycles. The van der Waals surface area contributed by atoms with E-state index in [0.717, 1.165) is 0 Å². The lowest BCUT2D eigenvalue weighted by Crippen LogP contribution is -2.29. The normalized spacial score (nSPS) is 13.4. The van der Waals surface area contributed by atoms with Crippen molar-refractivity contribution in [3.05, 3.63) is 35.1 Å². The minimum absolute atomic E-state index is 0.0929. The average Bonchev–Trinajstić information content (AvgIpc) is 2.22. The van der Waals surface area contributed by atoms with E-state index in [1.165, 1.54) is 13.8 Å². The first-order chi connectivity index (χ1) is 8.15. The molecular weight excluding hydrogens is 247 g/mol. The van der Waals surface area contributed by atoms with Crippen LogP contribution in [0.5, 0.6) is 0 Å². The molecule has 3 N–H and O–H groups in total. The predicted octanol–water partition coefficient (Wildman–Crippen LogP) is 2.60. The Morgan fingerprint density at radius 1 is 1.28 bits per heavy atom. The van der Waals surface area contributed by atoms with Gasteiger partial charge in [0.2, 0.25) is 0 Å². The van der Waals surface area contributed by atoms with Crippen molar-refractivity contribution in [3.8, 4) is 0 Å². The van der Waals surface area contributed by atoms with Gasteiger partial charge in [0, 0.05) is 17.7 Å². The van der Waals surface area contributed by atoms with Crippen LogP contribution in [0.4, 0.5) is 13.2 Å². The van der Waals surface area contributed by atoms with Gasteiger partial charge in [0.25, 0.3) is 0 Å². The largest absolute Gasteiger partial charge is 0.481 e. The highest BCUT2D eigenvalue weighted by Gasteiger charge is 2.31. The van der Waals surface area contributed by atoms with E-state index in [1.807, 2.05) is 0 Å². The Kier molecular flexibility index (Phi) is 4.01. The van der Waals surface area contributed by atoms with E-state index in [4.69, 9.17) is 10.8 Å². The summed E-state index contributed by atoms with van der Waals surface area (Å²) in [5, 5.41) is 8.92. The third-order valence-electron chi connectivity index (χ3n) is 2.75. The molecule has 0 bridgehead atoms. The van der Waals surface area contributed by atoms with Gasteiger partial charge >= 0.3 is 5.97 Å². The fourth-order valence-electron chi connectivity index (χ4n) is 1.57. The standard InChI is InChI=1S/C12H14F3NO2/c1-12(2,11(17)18)5-10(16)6-3-8(14)9(15)4-7(6)13/h3-4,10H,5,16H2,1-2H3,(H,17,18). The number of carbonyl (C=O) groups is 1. The smallest absolute Gasteiger partial charge is 0.309 e. The molecule has 1 unspecified atom stereocenters. The van der Waals surface area contributed by atoms with Crippen molar-refractivity contribution in [2.24, 2.45) is 11.1 Å². The van der Waals surface area contributed by atoms with Crippen LogP contribution in [0.15, 0.2) is 12.1 Å². The van der Waals surface area contributed by atoms with Crippen LogP contribution in [0.2, 0.25) is 0 Å². The molecule has 1 atom stereocenters. The predicted molar refractivity (Wildman–Crippen MR) is 59.3 cm³/mol. The summed E-state index contributed by atoms with van der Waals surface area (Å²) in [5.41, 5.74) is 4.23. The van der Waals surface area contributed by atoms with Gasteiger partial charge in [0.15, 0.2) is 11.6 Å². The molecular formula is C12H14F3NO2. The number of aliphatic carboxylic acids is 1. The molecule has 0 spiro atoms. The third-order valence-corrected chi connectivity index (χ3v) is 2.75. The Morgan fingerprint density at radius 3 is 2.28 bits per heavy atom. The summed E-state index contributed by atoms with van der Waals surface area (Å²) < 4.78 is 39.2. The first-order valence-electron chi connectivity index (χ1n) is 5.28. The highest BCUT2D eigenvalue weighted by atomic mass is 19.2. The second kappa shape index (κ2) is 4.97. The Bertz CT molecular complexity index is 475. The lowest BCUT2D eigenvalue weighted by molar-refractivity contribution is -0.147. The minimum atomic E-state index is -1.30. The summed E-state index contributed by atoms with van der Waals surface area (Å²) >= 11 is 0. The molecule has 18 heavy (non-hydrogen) atoms. The number of carboxylic acid groups (broad SMARTS) is 1. The van der Waals surface area contributed by atoms with Crippen molar-refractivity contribution >= 4 is 5.97 Å². The van der Waals surface area contributed by atoms with Crippen molar-refractivity contribution in [2.75, 3.05) is 0 Å². The van der Waals surface area contributed by atoms with Gasteiger partial charge < -0.3 is 10.8 Å². The topological polar surface area (TPSA) is 63.3 Å². The Hall–Kier alpha value is -1.56. The molecule has 0 saturated carbocycles. The highest BCUT2D eigenvalue weighted by Crippen LogP contribution is 2.30. The Morgan fingerprint density at radius 2 is 1.78 bits per heavy atom. The van der Waals surface area contributed by atoms with E-state index in [0.29, 0.717) is 12.1 Å². The van der Waals surface area contributed by atoms with Gasteiger partial charge in [-0.1, -0.05) is 0 Å². The Labute approximate surface area is 102 Å². The van der Waals surface area contributed by atoms with Crippen molar-refractivity contribution in [1.82, 2.24) is 0 Å². The van der Waals surface area contributed by atoms with Crippen LogP contribution < -0.4 is 5.73 Å². The van der Waals surface area contributed by atoms with E-state index in [9.17, 15) is 18.0 Å². The fourth-order valence-corrected chi connectivity index (χ4v) is 1.57. The molecule has 1 aromatic carbocycles. The number of hydrogen-bond acceptors (Lipinski definition) is 2. The van der Waals surface area contributed by atoms with Crippen molar-refractivity contribution in [1.29, 1.82) is 0 Å². The lowest BCUT2D eigenvalue weighted by Gasteiger charge is -2.23. The number of hydrogen-bond donors (Lipinski definition) is 2. The van der Waals surface area contributed by atoms with Gasteiger partial charge in [-0.25, -0.2) is 13.2 Å². The monoisotopic (exact) mass is 261 g/mol. The SMILES string of the molecule is CC(C)(CC(N)c1cc(F)c(F)cc1F)C(=O)O. The molecule has 100 valence electrons. The molecule has 1 rings (SSSR count). The maximum Gasteiger partial charge on any atom is 0.309 e. The molecule has 1 aromatic rings. The zero-order valence-electron chi connectivity index (χ0n) is 10.0. The van der Waals surface area contributed by atoms with Gasteiger partial charge in [0.05, 0.1) is 5.41 Å². The van der Waals surface area contributed by atoms with Gasteiger partial charge in [0.1, 0.15) is 5.82 Å². The average molecular weight is 261 g/mol. The molecule has 0 fully saturated rings. The van der Waals surface area contributed by atoms with E-state index < -0.39 is 34.9 Å². The minimum Gasteiger partial charge on any atom is -0.481 e. The van der Waals surface area contributed by atoms with Crippen molar-refractivity contribution in [3.63, 3.8) is 0 Å². The summed E-state index contributed by atoms with van der Waals surface area (Å²) in [6.45, 7) is 2.85. The molecule has 3 nitrogen and oxygen atoms in total. The van der Waals surface area contributed by atoms with Crippen LogP contribution in [0.3, 0.4) is 0 Å². The van der Waals surface area contributed by atoms with E-state index >= 15 is 0 Å². The third kappa shape index (κ3) is 3.01. The van der Waals surface area contributed by atoms with E-state index in [2.05, 4.69) is 0 Å². The lowest BCUT2D eigenvalue weighted by atomic mass is 9.84.